The van der Waals surface area contributed by atoms with Crippen molar-refractivity contribution in [1.82, 2.24) is 10.4 Å². The maximum absolute atomic E-state index is 6.32. The van der Waals surface area contributed by atoms with E-state index in [1.807, 2.05) is 60.5 Å². The molecule has 2 heterocycles. The number of rotatable bonds is 3. The Labute approximate surface area is 149 Å². The third kappa shape index (κ3) is 2.95. The van der Waals surface area contributed by atoms with Gasteiger partial charge in [-0.05, 0) is 37.3 Å². The predicted molar refractivity (Wildman–Crippen MR) is 105 cm³/mol. The number of anilines is 2. The number of fused-ring (bicyclic) bond motifs is 1. The van der Waals surface area contributed by atoms with Crippen LogP contribution in [0.5, 0.6) is 0 Å². The van der Waals surface area contributed by atoms with E-state index in [1.54, 1.807) is 11.3 Å². The Balaban J connectivity index is 1.56. The van der Waals surface area contributed by atoms with E-state index in [0.29, 0.717) is 11.4 Å². The van der Waals surface area contributed by atoms with Crippen molar-refractivity contribution < 1.29 is 0 Å². The van der Waals surface area contributed by atoms with Crippen molar-refractivity contribution in [2.45, 2.75) is 13.1 Å². The van der Waals surface area contributed by atoms with Crippen molar-refractivity contribution in [2.75, 3.05) is 10.4 Å². The van der Waals surface area contributed by atoms with Crippen LogP contribution < -0.4 is 21.6 Å². The summed E-state index contributed by atoms with van der Waals surface area (Å²) in [7, 11) is 0. The van der Waals surface area contributed by atoms with Gasteiger partial charge in [0.05, 0.1) is 32.3 Å². The molecule has 1 aromatic heterocycles. The summed E-state index contributed by atoms with van der Waals surface area (Å²) < 4.78 is 1.16. The second kappa shape index (κ2) is 6.19. The topological polar surface area (TPSA) is 78.6 Å². The van der Waals surface area contributed by atoms with Gasteiger partial charge in [0.25, 0.3) is 0 Å². The van der Waals surface area contributed by atoms with E-state index >= 15 is 0 Å². The van der Waals surface area contributed by atoms with Crippen molar-refractivity contribution in [1.29, 1.82) is 0 Å². The van der Waals surface area contributed by atoms with Crippen molar-refractivity contribution in [2.24, 2.45) is 10.8 Å². The van der Waals surface area contributed by atoms with E-state index in [0.717, 1.165) is 26.6 Å². The molecule has 0 radical (unpaired) electrons. The van der Waals surface area contributed by atoms with Crippen LogP contribution in [0.3, 0.4) is 0 Å². The summed E-state index contributed by atoms with van der Waals surface area (Å²) in [6.45, 7) is 6.02. The molecule has 0 bridgehead atoms. The van der Waals surface area contributed by atoms with Crippen molar-refractivity contribution in [3.05, 3.63) is 65.8 Å². The molecule has 1 aliphatic heterocycles. The highest BCUT2D eigenvalue weighted by Crippen LogP contribution is 2.25. The normalized spacial score (nSPS) is 18.8. The minimum absolute atomic E-state index is 0.423. The molecule has 6 nitrogen and oxygen atoms in total. The van der Waals surface area contributed by atoms with Crippen molar-refractivity contribution >= 4 is 38.6 Å². The number of hydrazine groups is 1. The molecular formula is C18H18N6S. The number of hydrazone groups is 1. The molecule has 3 aromatic rings. The highest BCUT2D eigenvalue weighted by atomic mass is 32.1. The fourth-order valence-electron chi connectivity index (χ4n) is 2.76. The van der Waals surface area contributed by atoms with Gasteiger partial charge < -0.3 is 5.73 Å². The average Bonchev–Trinajstić information content (AvgIpc) is 3.12. The van der Waals surface area contributed by atoms with E-state index < -0.39 is 6.17 Å². The molecule has 1 atom stereocenters. The monoisotopic (exact) mass is 350 g/mol. The fraction of sp³-hybridized carbons (Fsp3) is 0.111. The smallest absolute Gasteiger partial charge is 0.144 e. The predicted octanol–water partition coefficient (Wildman–Crippen LogP) is 3.20. The summed E-state index contributed by atoms with van der Waals surface area (Å²) in [6, 6.07) is 15.9. The molecule has 0 spiro atoms. The fourth-order valence-corrected chi connectivity index (χ4v) is 3.56. The van der Waals surface area contributed by atoms with Crippen LogP contribution in [0.1, 0.15) is 5.01 Å². The van der Waals surface area contributed by atoms with E-state index in [-0.39, 0.29) is 0 Å². The molecular weight excluding hydrogens is 332 g/mol. The average molecular weight is 350 g/mol. The van der Waals surface area contributed by atoms with Crippen molar-refractivity contribution in [3.63, 3.8) is 0 Å². The molecule has 7 heteroatoms. The van der Waals surface area contributed by atoms with Crippen LogP contribution in [0.15, 0.2) is 65.9 Å². The molecule has 1 saturated heterocycles. The summed E-state index contributed by atoms with van der Waals surface area (Å²) in [5.41, 5.74) is 16.7. The van der Waals surface area contributed by atoms with E-state index in [9.17, 15) is 0 Å². The molecule has 1 fully saturated rings. The molecule has 0 aliphatic carbocycles. The van der Waals surface area contributed by atoms with Gasteiger partial charge in [-0.25, -0.2) is 4.98 Å². The summed E-state index contributed by atoms with van der Waals surface area (Å²) >= 11 is 1.68. The first-order valence-corrected chi connectivity index (χ1v) is 8.70. The third-order valence-electron chi connectivity index (χ3n) is 3.96. The number of thiazole rings is 1. The van der Waals surface area contributed by atoms with Crippen LogP contribution >= 0.6 is 11.3 Å². The van der Waals surface area contributed by atoms with Crippen LogP contribution in [0.2, 0.25) is 0 Å². The molecule has 25 heavy (non-hydrogen) atoms. The molecule has 4 N–H and O–H groups in total. The number of nitrogens with two attached hydrogens (primary N) is 1. The SMILES string of the molecule is C=C1NN(c2ccccc2)[C@H](N)/C1=N/Nc1ccc2sc(C)nc2c1. The number of nitrogens with one attached hydrogen (secondary N) is 2. The maximum Gasteiger partial charge on any atom is 0.144 e. The van der Waals surface area contributed by atoms with Gasteiger partial charge in [-0.3, -0.25) is 15.9 Å². The number of hydrogen-bond donors (Lipinski definition) is 3. The molecule has 0 saturated carbocycles. The Hall–Kier alpha value is -2.90. The van der Waals surface area contributed by atoms with Gasteiger partial charge in [-0.15, -0.1) is 11.3 Å². The van der Waals surface area contributed by atoms with Crippen molar-refractivity contribution in [3.8, 4) is 0 Å². The summed E-state index contributed by atoms with van der Waals surface area (Å²) in [4.78, 5) is 4.50. The Bertz CT molecular complexity index is 962. The van der Waals surface area contributed by atoms with Gasteiger partial charge >= 0.3 is 0 Å². The Kier molecular flexibility index (Phi) is 3.87. The van der Waals surface area contributed by atoms with Gasteiger partial charge in [0, 0.05) is 0 Å². The number of benzene rings is 2. The van der Waals surface area contributed by atoms with E-state index in [1.165, 1.54) is 0 Å². The second-order valence-electron chi connectivity index (χ2n) is 5.76. The summed E-state index contributed by atoms with van der Waals surface area (Å²) in [6.07, 6.45) is -0.423. The highest BCUT2D eigenvalue weighted by Gasteiger charge is 2.30. The summed E-state index contributed by atoms with van der Waals surface area (Å²) in [5.74, 6) is 0. The first kappa shape index (κ1) is 15.6. The first-order chi connectivity index (χ1) is 12.1. The zero-order chi connectivity index (χ0) is 17.4. The quantitative estimate of drug-likeness (QED) is 0.632. The molecule has 0 amide bonds. The number of aryl methyl sites for hydroxylation is 1. The standard InChI is InChI=1S/C18H18N6S/c1-11-17(18(19)24(23-11)14-6-4-3-5-7-14)22-21-13-8-9-16-15(10-13)20-12(2)25-16/h3-10,18,21,23H,1,19H2,2H3/b22-17+/t18-/m0/s1. The molecule has 2 aromatic carbocycles. The van der Waals surface area contributed by atoms with Gasteiger partial charge in [-0.1, -0.05) is 24.8 Å². The molecule has 0 unspecified atom stereocenters. The first-order valence-electron chi connectivity index (χ1n) is 7.88. The zero-order valence-electron chi connectivity index (χ0n) is 13.7. The lowest BCUT2D eigenvalue weighted by atomic mass is 10.2. The molecule has 4 rings (SSSR count). The Morgan fingerprint density at radius 3 is 2.88 bits per heavy atom. The lowest BCUT2D eigenvalue weighted by Crippen LogP contribution is -2.44. The number of nitrogens with zero attached hydrogens (tertiary/aromatic N) is 3. The van der Waals surface area contributed by atoms with Gasteiger partial charge in [-0.2, -0.15) is 5.10 Å². The van der Waals surface area contributed by atoms with Gasteiger partial charge in [0.15, 0.2) is 0 Å². The van der Waals surface area contributed by atoms with Crippen LogP contribution in [-0.4, -0.2) is 16.9 Å². The second-order valence-corrected chi connectivity index (χ2v) is 7.00. The highest BCUT2D eigenvalue weighted by molar-refractivity contribution is 7.18. The maximum atomic E-state index is 6.32. The Morgan fingerprint density at radius 2 is 2.08 bits per heavy atom. The van der Waals surface area contributed by atoms with E-state index in [4.69, 9.17) is 5.73 Å². The number of aromatic nitrogens is 1. The summed E-state index contributed by atoms with van der Waals surface area (Å²) in [5, 5.41) is 7.35. The Morgan fingerprint density at radius 1 is 1.28 bits per heavy atom. The van der Waals surface area contributed by atoms with Crippen LogP contribution in [0, 0.1) is 6.92 Å². The lowest BCUT2D eigenvalue weighted by Gasteiger charge is -2.22. The van der Waals surface area contributed by atoms with Crippen LogP contribution in [0.4, 0.5) is 11.4 Å². The van der Waals surface area contributed by atoms with Crippen LogP contribution in [0.25, 0.3) is 10.2 Å². The number of para-hydroxylation sites is 1. The number of hydrogen-bond acceptors (Lipinski definition) is 7. The zero-order valence-corrected chi connectivity index (χ0v) is 14.5. The van der Waals surface area contributed by atoms with E-state index in [2.05, 4.69) is 27.5 Å². The third-order valence-corrected chi connectivity index (χ3v) is 4.91. The largest absolute Gasteiger partial charge is 0.305 e. The molecule has 1 aliphatic rings. The minimum atomic E-state index is -0.423. The van der Waals surface area contributed by atoms with Gasteiger partial charge in [0.2, 0.25) is 0 Å². The van der Waals surface area contributed by atoms with Crippen LogP contribution in [-0.2, 0) is 0 Å². The molecule has 126 valence electrons. The minimum Gasteiger partial charge on any atom is -0.305 e. The lowest BCUT2D eigenvalue weighted by molar-refractivity contribution is 0.726. The van der Waals surface area contributed by atoms with Gasteiger partial charge in [0.1, 0.15) is 11.9 Å².